The van der Waals surface area contributed by atoms with Crippen molar-refractivity contribution in [2.75, 3.05) is 6.54 Å². The lowest BCUT2D eigenvalue weighted by Gasteiger charge is -2.14. The molecule has 1 aromatic carbocycles. The van der Waals surface area contributed by atoms with Gasteiger partial charge in [-0.15, -0.1) is 0 Å². The molecule has 0 spiro atoms. The van der Waals surface area contributed by atoms with E-state index in [0.717, 1.165) is 29.3 Å². The Bertz CT molecular complexity index is 658. The molecule has 0 saturated heterocycles. The van der Waals surface area contributed by atoms with Crippen molar-refractivity contribution in [3.8, 4) is 11.3 Å². The maximum absolute atomic E-state index is 13.3. The Kier molecular flexibility index (Phi) is 2.85. The number of nitrogens with zero attached hydrogens (tertiary/aromatic N) is 2. The van der Waals surface area contributed by atoms with Crippen LogP contribution in [0.15, 0.2) is 29.3 Å². The average molecular weight is 258 g/mol. The van der Waals surface area contributed by atoms with Crippen LogP contribution in [0.4, 0.5) is 8.78 Å². The molecule has 19 heavy (non-hydrogen) atoms. The van der Waals surface area contributed by atoms with Gasteiger partial charge in [0, 0.05) is 36.4 Å². The second-order valence-corrected chi connectivity index (χ2v) is 4.63. The summed E-state index contributed by atoms with van der Waals surface area (Å²) in [5.74, 6) is -1.18. The Hall–Kier alpha value is -2.10. The molecule has 2 aromatic rings. The Morgan fingerprint density at radius 1 is 1.05 bits per heavy atom. The monoisotopic (exact) mass is 258 g/mol. The van der Waals surface area contributed by atoms with E-state index in [0.29, 0.717) is 17.8 Å². The minimum Gasteiger partial charge on any atom is -0.292 e. The summed E-state index contributed by atoms with van der Waals surface area (Å²) < 4.78 is 26.5. The van der Waals surface area contributed by atoms with Gasteiger partial charge in [-0.05, 0) is 30.7 Å². The molecule has 1 aromatic heterocycles. The van der Waals surface area contributed by atoms with E-state index < -0.39 is 11.6 Å². The fourth-order valence-electron chi connectivity index (χ4n) is 2.29. The minimum absolute atomic E-state index is 0.464. The van der Waals surface area contributed by atoms with Gasteiger partial charge in [-0.2, -0.15) is 0 Å². The third-order valence-electron chi connectivity index (χ3n) is 3.20. The lowest BCUT2D eigenvalue weighted by molar-refractivity contribution is 0.584. The van der Waals surface area contributed by atoms with Crippen LogP contribution in [0.25, 0.3) is 11.3 Å². The van der Waals surface area contributed by atoms with Crippen LogP contribution in [-0.4, -0.2) is 17.7 Å². The predicted molar refractivity (Wildman–Crippen MR) is 70.5 cm³/mol. The fourth-order valence-corrected chi connectivity index (χ4v) is 2.29. The number of aromatic nitrogens is 1. The molecule has 0 radical (unpaired) electrons. The molecule has 2 heterocycles. The first-order chi connectivity index (χ1) is 9.13. The van der Waals surface area contributed by atoms with E-state index in [1.165, 1.54) is 12.1 Å². The molecule has 0 aliphatic carbocycles. The molecule has 0 atom stereocenters. The summed E-state index contributed by atoms with van der Waals surface area (Å²) in [6.07, 6.45) is 2.58. The summed E-state index contributed by atoms with van der Waals surface area (Å²) in [7, 11) is 0. The number of rotatable bonds is 1. The van der Waals surface area contributed by atoms with E-state index in [-0.39, 0.29) is 0 Å². The highest BCUT2D eigenvalue weighted by Crippen LogP contribution is 2.24. The summed E-state index contributed by atoms with van der Waals surface area (Å²) in [4.78, 5) is 8.73. The molecule has 2 nitrogen and oxygen atoms in total. The average Bonchev–Trinajstić information content (AvgIpc) is 2.37. The molecule has 4 heteroatoms. The molecular formula is C15H12F2N2. The Morgan fingerprint density at radius 2 is 1.79 bits per heavy atom. The summed E-state index contributed by atoms with van der Waals surface area (Å²) in [6, 6.07) is 5.30. The van der Waals surface area contributed by atoms with Gasteiger partial charge in [-0.1, -0.05) is 0 Å². The molecule has 0 saturated carbocycles. The largest absolute Gasteiger partial charge is 0.292 e. The lowest BCUT2D eigenvalue weighted by Crippen LogP contribution is -2.08. The van der Waals surface area contributed by atoms with Crippen molar-refractivity contribution in [1.82, 2.24) is 4.98 Å². The Morgan fingerprint density at radius 3 is 2.53 bits per heavy atom. The molecule has 1 aliphatic rings. The van der Waals surface area contributed by atoms with Crippen LogP contribution in [0.3, 0.4) is 0 Å². The van der Waals surface area contributed by atoms with Crippen molar-refractivity contribution in [2.24, 2.45) is 4.99 Å². The molecular weight excluding hydrogens is 246 g/mol. The topological polar surface area (TPSA) is 25.2 Å². The zero-order valence-corrected chi connectivity index (χ0v) is 10.5. The maximum atomic E-state index is 13.3. The van der Waals surface area contributed by atoms with Crippen LogP contribution < -0.4 is 0 Å². The van der Waals surface area contributed by atoms with Crippen LogP contribution in [0.2, 0.25) is 0 Å². The number of halogens is 2. The third-order valence-corrected chi connectivity index (χ3v) is 3.20. The second kappa shape index (κ2) is 4.53. The highest BCUT2D eigenvalue weighted by atomic mass is 19.1. The van der Waals surface area contributed by atoms with E-state index in [2.05, 4.69) is 9.98 Å². The SMILES string of the molecule is Cc1cc(-c2cc(F)cc(F)c2)nc2c1C=NCC2. The predicted octanol–water partition coefficient (Wildman–Crippen LogP) is 3.31. The van der Waals surface area contributed by atoms with Crippen LogP contribution in [-0.2, 0) is 6.42 Å². The van der Waals surface area contributed by atoms with Crippen molar-refractivity contribution in [2.45, 2.75) is 13.3 Å². The van der Waals surface area contributed by atoms with Gasteiger partial charge in [-0.25, -0.2) is 8.78 Å². The number of aliphatic imine (C=N–C) groups is 1. The van der Waals surface area contributed by atoms with E-state index in [9.17, 15) is 8.78 Å². The molecule has 96 valence electrons. The van der Waals surface area contributed by atoms with Crippen molar-refractivity contribution in [3.05, 3.63) is 52.7 Å². The van der Waals surface area contributed by atoms with E-state index in [4.69, 9.17) is 0 Å². The van der Waals surface area contributed by atoms with Gasteiger partial charge in [0.2, 0.25) is 0 Å². The van der Waals surface area contributed by atoms with Gasteiger partial charge in [0.15, 0.2) is 0 Å². The van der Waals surface area contributed by atoms with Crippen LogP contribution in [0, 0.1) is 18.6 Å². The summed E-state index contributed by atoms with van der Waals surface area (Å²) in [5.41, 5.74) is 4.05. The zero-order valence-electron chi connectivity index (χ0n) is 10.5. The first-order valence-corrected chi connectivity index (χ1v) is 6.10. The van der Waals surface area contributed by atoms with Gasteiger partial charge in [0.05, 0.1) is 11.4 Å². The summed E-state index contributed by atoms with van der Waals surface area (Å²) >= 11 is 0. The molecule has 0 N–H and O–H groups in total. The van der Waals surface area contributed by atoms with Crippen molar-refractivity contribution >= 4 is 6.21 Å². The lowest BCUT2D eigenvalue weighted by atomic mass is 10.0. The van der Waals surface area contributed by atoms with Crippen molar-refractivity contribution < 1.29 is 8.78 Å². The molecule has 1 aliphatic heterocycles. The maximum Gasteiger partial charge on any atom is 0.126 e. The highest BCUT2D eigenvalue weighted by molar-refractivity contribution is 5.85. The minimum atomic E-state index is -0.589. The Labute approximate surface area is 109 Å². The van der Waals surface area contributed by atoms with Gasteiger partial charge in [-0.3, -0.25) is 9.98 Å². The van der Waals surface area contributed by atoms with E-state index in [1.807, 2.05) is 19.2 Å². The molecule has 3 rings (SSSR count). The second-order valence-electron chi connectivity index (χ2n) is 4.63. The number of hydrogen-bond donors (Lipinski definition) is 0. The summed E-state index contributed by atoms with van der Waals surface area (Å²) in [6.45, 7) is 2.66. The third kappa shape index (κ3) is 2.26. The Balaban J connectivity index is 2.16. The van der Waals surface area contributed by atoms with Crippen LogP contribution in [0.1, 0.15) is 16.8 Å². The van der Waals surface area contributed by atoms with E-state index in [1.54, 1.807) is 0 Å². The molecule has 0 bridgehead atoms. The normalized spacial score (nSPS) is 13.4. The number of hydrogen-bond acceptors (Lipinski definition) is 2. The molecule has 0 amide bonds. The number of benzene rings is 1. The zero-order chi connectivity index (χ0) is 13.4. The quantitative estimate of drug-likeness (QED) is 0.770. The van der Waals surface area contributed by atoms with E-state index >= 15 is 0 Å². The number of aryl methyl sites for hydroxylation is 1. The first kappa shape index (κ1) is 12.0. The van der Waals surface area contributed by atoms with Gasteiger partial charge in [0.25, 0.3) is 0 Å². The number of pyridine rings is 1. The van der Waals surface area contributed by atoms with Gasteiger partial charge in [0.1, 0.15) is 11.6 Å². The van der Waals surface area contributed by atoms with Gasteiger partial charge >= 0.3 is 0 Å². The smallest absolute Gasteiger partial charge is 0.126 e. The van der Waals surface area contributed by atoms with Gasteiger partial charge < -0.3 is 0 Å². The fraction of sp³-hybridized carbons (Fsp3) is 0.200. The first-order valence-electron chi connectivity index (χ1n) is 6.10. The van der Waals surface area contributed by atoms with Crippen LogP contribution >= 0.6 is 0 Å². The number of fused-ring (bicyclic) bond motifs is 1. The standard InChI is InChI=1S/C15H12F2N2/c1-9-4-15(10-5-11(16)7-12(17)6-10)19-14-2-3-18-8-13(9)14/h4-8H,2-3H2,1H3. The molecule has 0 fully saturated rings. The van der Waals surface area contributed by atoms with Crippen molar-refractivity contribution in [1.29, 1.82) is 0 Å². The molecule has 0 unspecified atom stereocenters. The summed E-state index contributed by atoms with van der Waals surface area (Å²) in [5, 5.41) is 0. The van der Waals surface area contributed by atoms with Crippen LogP contribution in [0.5, 0.6) is 0 Å². The van der Waals surface area contributed by atoms with Crippen molar-refractivity contribution in [3.63, 3.8) is 0 Å². The highest BCUT2D eigenvalue weighted by Gasteiger charge is 2.13.